The molecule has 0 bridgehead atoms. The van der Waals surface area contributed by atoms with Crippen molar-refractivity contribution in [1.82, 2.24) is 9.13 Å². The van der Waals surface area contributed by atoms with Crippen LogP contribution in [0.25, 0.3) is 71.0 Å². The van der Waals surface area contributed by atoms with E-state index in [2.05, 4.69) is 44.3 Å². The summed E-state index contributed by atoms with van der Waals surface area (Å²) >= 11 is 0. The second kappa shape index (κ2) is 10.3. The zero-order valence-corrected chi connectivity index (χ0v) is 24.2. The van der Waals surface area contributed by atoms with E-state index in [1.54, 1.807) is 6.07 Å². The Morgan fingerprint density at radius 2 is 1.02 bits per heavy atom. The predicted molar refractivity (Wildman–Crippen MR) is 181 cm³/mol. The van der Waals surface area contributed by atoms with Crippen molar-refractivity contribution < 1.29 is 0 Å². The van der Waals surface area contributed by atoms with Gasteiger partial charge in [-0.1, -0.05) is 66.7 Å². The van der Waals surface area contributed by atoms with E-state index in [1.807, 2.05) is 103 Å². The van der Waals surface area contributed by atoms with Gasteiger partial charge in [0.1, 0.15) is 0 Å². The van der Waals surface area contributed by atoms with Gasteiger partial charge in [0.05, 0.1) is 69.4 Å². The largest absolute Gasteiger partial charge is 0.310 e. The Balaban J connectivity index is 1.62. The van der Waals surface area contributed by atoms with Crippen LogP contribution in [-0.2, 0) is 0 Å². The van der Waals surface area contributed by atoms with Crippen LogP contribution in [0.2, 0.25) is 0 Å². The van der Waals surface area contributed by atoms with Crippen LogP contribution in [0.15, 0.2) is 121 Å². The highest BCUT2D eigenvalue weighted by Gasteiger charge is 2.23. The minimum Gasteiger partial charge on any atom is -0.310 e. The lowest BCUT2D eigenvalue weighted by molar-refractivity contribution is 1.13. The van der Waals surface area contributed by atoms with Crippen LogP contribution < -0.4 is 0 Å². The number of nitriles is 3. The lowest BCUT2D eigenvalue weighted by Crippen LogP contribution is -2.05. The molecule has 0 aliphatic carbocycles. The molecule has 0 aliphatic rings. The molecule has 6 nitrogen and oxygen atoms in total. The number of para-hydroxylation sites is 2. The molecule has 0 saturated heterocycles. The van der Waals surface area contributed by atoms with Crippen LogP contribution >= 0.6 is 0 Å². The highest BCUT2D eigenvalue weighted by atomic mass is 15.0. The molecule has 0 saturated carbocycles. The molecular formula is C40H20N6. The molecule has 210 valence electrons. The highest BCUT2D eigenvalue weighted by molar-refractivity contribution is 6.12. The summed E-state index contributed by atoms with van der Waals surface area (Å²) in [6, 6.07) is 45.7. The van der Waals surface area contributed by atoms with E-state index >= 15 is 0 Å². The fourth-order valence-corrected chi connectivity index (χ4v) is 6.66. The van der Waals surface area contributed by atoms with Crippen LogP contribution in [0.3, 0.4) is 0 Å². The van der Waals surface area contributed by atoms with Crippen molar-refractivity contribution in [2.45, 2.75) is 0 Å². The van der Waals surface area contributed by atoms with Crippen LogP contribution in [0, 0.1) is 40.6 Å². The number of aromatic nitrogens is 2. The summed E-state index contributed by atoms with van der Waals surface area (Å²) in [5.41, 5.74) is 8.56. The van der Waals surface area contributed by atoms with Crippen LogP contribution in [-0.4, -0.2) is 9.13 Å². The van der Waals surface area contributed by atoms with Crippen LogP contribution in [0.1, 0.15) is 16.7 Å². The lowest BCUT2D eigenvalue weighted by atomic mass is 9.96. The summed E-state index contributed by atoms with van der Waals surface area (Å²) in [5.74, 6) is 0. The number of hydrogen-bond donors (Lipinski definition) is 0. The molecule has 0 spiro atoms. The average molecular weight is 585 g/mol. The summed E-state index contributed by atoms with van der Waals surface area (Å²) in [5, 5.41) is 34.2. The SMILES string of the molecule is [C-]#[N+]c1ccc2c3ccccc3n(-c3cc(C#N)cc(-n4c5ccccc5c5ccc(C#N)cc54)c3-c3cccc(C#N)c3)c2c1. The van der Waals surface area contributed by atoms with Gasteiger partial charge in [-0.05, 0) is 60.2 Å². The van der Waals surface area contributed by atoms with Crippen LogP contribution in [0.4, 0.5) is 5.69 Å². The molecule has 46 heavy (non-hydrogen) atoms. The Hall–Kier alpha value is -7.12. The first kappa shape index (κ1) is 26.5. The molecule has 0 radical (unpaired) electrons. The molecule has 2 heterocycles. The van der Waals surface area contributed by atoms with Crippen molar-refractivity contribution in [3.63, 3.8) is 0 Å². The van der Waals surface area contributed by atoms with E-state index < -0.39 is 0 Å². The van der Waals surface area contributed by atoms with E-state index in [1.165, 1.54) is 0 Å². The van der Waals surface area contributed by atoms with Crippen molar-refractivity contribution in [3.8, 4) is 40.7 Å². The van der Waals surface area contributed by atoms with Gasteiger partial charge in [-0.2, -0.15) is 15.8 Å². The van der Waals surface area contributed by atoms with Gasteiger partial charge in [0.2, 0.25) is 0 Å². The summed E-state index contributed by atoms with van der Waals surface area (Å²) in [6.45, 7) is 7.75. The van der Waals surface area contributed by atoms with Gasteiger partial charge >= 0.3 is 0 Å². The molecule has 0 N–H and O–H groups in total. The smallest absolute Gasteiger partial charge is 0.189 e. The van der Waals surface area contributed by atoms with Gasteiger partial charge in [0, 0.05) is 32.6 Å². The van der Waals surface area contributed by atoms with E-state index in [9.17, 15) is 15.8 Å². The Labute approximate surface area is 263 Å². The summed E-state index contributed by atoms with van der Waals surface area (Å²) < 4.78 is 4.23. The minimum absolute atomic E-state index is 0.444. The molecule has 0 unspecified atom stereocenters. The Kier molecular flexibility index (Phi) is 5.91. The highest BCUT2D eigenvalue weighted by Crippen LogP contribution is 2.43. The third-order valence-electron chi connectivity index (χ3n) is 8.58. The molecular weight excluding hydrogens is 564 g/mol. The van der Waals surface area contributed by atoms with Crippen molar-refractivity contribution >= 4 is 49.3 Å². The second-order valence-electron chi connectivity index (χ2n) is 11.1. The van der Waals surface area contributed by atoms with Crippen LogP contribution in [0.5, 0.6) is 0 Å². The molecule has 0 fully saturated rings. The average Bonchev–Trinajstić information content (AvgIpc) is 3.62. The first-order chi connectivity index (χ1) is 22.6. The van der Waals surface area contributed by atoms with Crippen molar-refractivity contribution in [1.29, 1.82) is 15.8 Å². The maximum atomic E-state index is 10.4. The van der Waals surface area contributed by atoms with Gasteiger partial charge < -0.3 is 9.13 Å². The second-order valence-corrected chi connectivity index (χ2v) is 11.1. The quantitative estimate of drug-likeness (QED) is 0.194. The third-order valence-corrected chi connectivity index (χ3v) is 8.58. The number of nitrogens with zero attached hydrogens (tertiary/aromatic N) is 6. The summed E-state index contributed by atoms with van der Waals surface area (Å²) in [7, 11) is 0. The van der Waals surface area contributed by atoms with E-state index in [4.69, 9.17) is 6.57 Å². The van der Waals surface area contributed by atoms with Gasteiger partial charge in [0.25, 0.3) is 0 Å². The van der Waals surface area contributed by atoms with Crippen molar-refractivity contribution in [2.75, 3.05) is 0 Å². The fraction of sp³-hybridized carbons (Fsp3) is 0. The normalized spacial score (nSPS) is 11.0. The number of rotatable bonds is 3. The van der Waals surface area contributed by atoms with Crippen molar-refractivity contribution in [3.05, 3.63) is 149 Å². The van der Waals surface area contributed by atoms with Crippen molar-refractivity contribution in [2.24, 2.45) is 0 Å². The molecule has 8 aromatic rings. The predicted octanol–water partition coefficient (Wildman–Crippen LogP) is 9.71. The third kappa shape index (κ3) is 3.86. The molecule has 0 amide bonds. The number of hydrogen-bond acceptors (Lipinski definition) is 3. The topological polar surface area (TPSA) is 85.6 Å². The summed E-state index contributed by atoms with van der Waals surface area (Å²) in [4.78, 5) is 3.72. The monoisotopic (exact) mass is 584 g/mol. The Morgan fingerprint density at radius 3 is 1.63 bits per heavy atom. The molecule has 0 aliphatic heterocycles. The van der Waals surface area contributed by atoms with E-state index in [0.29, 0.717) is 22.4 Å². The lowest BCUT2D eigenvalue weighted by Gasteiger charge is -2.21. The van der Waals surface area contributed by atoms with Gasteiger partial charge in [-0.15, -0.1) is 0 Å². The fourth-order valence-electron chi connectivity index (χ4n) is 6.66. The molecule has 6 aromatic carbocycles. The Bertz CT molecular complexity index is 2600. The van der Waals surface area contributed by atoms with E-state index in [0.717, 1.165) is 66.1 Å². The van der Waals surface area contributed by atoms with E-state index in [-0.39, 0.29) is 0 Å². The van der Waals surface area contributed by atoms with Gasteiger partial charge in [-0.25, -0.2) is 4.85 Å². The maximum absolute atomic E-state index is 10.4. The standard InChI is InChI=1S/C40H20N6/c1-44-29-14-16-33-31-10-3-5-12-35(31)46(37(33)21-29)39-20-27(24-43)19-38(40(39)28-8-6-7-25(17-28)22-41)45-34-11-4-2-9-30(34)32-15-13-26(23-42)18-36(32)45/h2-21H. The minimum atomic E-state index is 0.444. The van der Waals surface area contributed by atoms with Gasteiger partial charge in [0.15, 0.2) is 5.69 Å². The molecule has 2 aromatic heterocycles. The molecule has 8 rings (SSSR count). The molecule has 0 atom stereocenters. The number of benzene rings is 6. The zero-order valence-electron chi connectivity index (χ0n) is 24.2. The maximum Gasteiger partial charge on any atom is 0.189 e. The first-order valence-corrected chi connectivity index (χ1v) is 14.6. The Morgan fingerprint density at radius 1 is 0.478 bits per heavy atom. The first-order valence-electron chi connectivity index (χ1n) is 14.6. The molecule has 6 heteroatoms. The van der Waals surface area contributed by atoms with Gasteiger partial charge in [-0.3, -0.25) is 0 Å². The zero-order chi connectivity index (χ0) is 31.4. The summed E-state index contributed by atoms with van der Waals surface area (Å²) in [6.07, 6.45) is 0. The number of fused-ring (bicyclic) bond motifs is 6.